The Kier molecular flexibility index (Phi) is 5.73. The number of imidazole rings is 1. The van der Waals surface area contributed by atoms with Gasteiger partial charge in [-0.25, -0.2) is 4.98 Å². The zero-order valence-corrected chi connectivity index (χ0v) is 18.7. The smallest absolute Gasteiger partial charge is 0.255 e. The van der Waals surface area contributed by atoms with Crippen LogP contribution < -0.4 is 10.1 Å². The molecule has 5 aromatic rings. The highest BCUT2D eigenvalue weighted by Crippen LogP contribution is 2.34. The third kappa shape index (κ3) is 4.55. The van der Waals surface area contributed by atoms with Crippen LogP contribution in [0.1, 0.15) is 10.4 Å². The average Bonchev–Trinajstić information content (AvgIpc) is 3.23. The van der Waals surface area contributed by atoms with Crippen molar-refractivity contribution in [1.82, 2.24) is 9.97 Å². The maximum atomic E-state index is 12.8. The highest BCUT2D eigenvalue weighted by molar-refractivity contribution is 6.39. The molecule has 5 nitrogen and oxygen atoms in total. The Morgan fingerprint density at radius 2 is 1.52 bits per heavy atom. The molecule has 0 aliphatic carbocycles. The molecule has 0 atom stereocenters. The van der Waals surface area contributed by atoms with E-state index in [0.717, 1.165) is 5.75 Å². The number of ether oxygens (including phenoxy) is 1. The molecule has 0 saturated carbocycles. The van der Waals surface area contributed by atoms with Crippen molar-refractivity contribution in [2.24, 2.45) is 0 Å². The van der Waals surface area contributed by atoms with Crippen LogP contribution >= 0.6 is 23.2 Å². The Morgan fingerprint density at radius 3 is 2.24 bits per heavy atom. The third-order valence-corrected chi connectivity index (χ3v) is 5.66. The van der Waals surface area contributed by atoms with Crippen molar-refractivity contribution in [2.45, 2.75) is 0 Å². The average molecular weight is 474 g/mol. The van der Waals surface area contributed by atoms with E-state index in [-0.39, 0.29) is 5.91 Å². The number of anilines is 1. The molecular weight excluding hydrogens is 457 g/mol. The molecule has 7 heteroatoms. The minimum absolute atomic E-state index is 0.236. The van der Waals surface area contributed by atoms with E-state index in [4.69, 9.17) is 27.9 Å². The minimum Gasteiger partial charge on any atom is -0.457 e. The number of aromatic nitrogens is 2. The van der Waals surface area contributed by atoms with E-state index in [2.05, 4.69) is 15.3 Å². The number of fused-ring (bicyclic) bond motifs is 1. The van der Waals surface area contributed by atoms with Crippen LogP contribution in [0.15, 0.2) is 91.0 Å². The maximum Gasteiger partial charge on any atom is 0.255 e. The van der Waals surface area contributed by atoms with E-state index in [1.165, 1.54) is 0 Å². The van der Waals surface area contributed by atoms with Gasteiger partial charge in [0.05, 0.1) is 26.6 Å². The first kappa shape index (κ1) is 21.1. The number of amides is 1. The van der Waals surface area contributed by atoms with Crippen molar-refractivity contribution in [3.8, 4) is 22.9 Å². The van der Waals surface area contributed by atoms with Gasteiger partial charge in [-0.2, -0.15) is 0 Å². The molecular formula is C26H17Cl2N3O2. The van der Waals surface area contributed by atoms with Gasteiger partial charge >= 0.3 is 0 Å². The molecule has 4 aromatic carbocycles. The standard InChI is InChI=1S/C26H17Cl2N3O2/c27-20-7-4-8-21(28)24(20)25-30-22-14-9-16(15-23(22)31-25)26(32)29-17-10-12-19(13-11-17)33-18-5-2-1-3-6-18/h1-15H,(H,29,32)(H,30,31). The number of benzene rings is 4. The van der Waals surface area contributed by atoms with Gasteiger partial charge in [0, 0.05) is 11.3 Å². The van der Waals surface area contributed by atoms with E-state index in [9.17, 15) is 4.79 Å². The number of halogens is 2. The van der Waals surface area contributed by atoms with Gasteiger partial charge in [0.1, 0.15) is 17.3 Å². The van der Waals surface area contributed by atoms with Crippen molar-refractivity contribution in [2.75, 3.05) is 5.32 Å². The zero-order chi connectivity index (χ0) is 22.8. The van der Waals surface area contributed by atoms with Crippen LogP contribution in [-0.2, 0) is 0 Å². The van der Waals surface area contributed by atoms with Crippen LogP contribution in [0.5, 0.6) is 11.5 Å². The molecule has 0 radical (unpaired) electrons. The largest absolute Gasteiger partial charge is 0.457 e. The number of para-hydroxylation sites is 1. The number of carbonyl (C=O) groups is 1. The van der Waals surface area contributed by atoms with Crippen LogP contribution in [0.4, 0.5) is 5.69 Å². The maximum absolute atomic E-state index is 12.8. The molecule has 0 aliphatic rings. The zero-order valence-electron chi connectivity index (χ0n) is 17.2. The molecule has 1 amide bonds. The molecule has 0 spiro atoms. The summed E-state index contributed by atoms with van der Waals surface area (Å²) in [5, 5.41) is 3.90. The highest BCUT2D eigenvalue weighted by atomic mass is 35.5. The number of aromatic amines is 1. The Labute approximate surface area is 200 Å². The normalized spacial score (nSPS) is 10.8. The summed E-state index contributed by atoms with van der Waals surface area (Å²) < 4.78 is 5.78. The van der Waals surface area contributed by atoms with Crippen molar-refractivity contribution < 1.29 is 9.53 Å². The first-order valence-corrected chi connectivity index (χ1v) is 10.9. The van der Waals surface area contributed by atoms with Gasteiger partial charge < -0.3 is 15.0 Å². The molecule has 1 heterocycles. The highest BCUT2D eigenvalue weighted by Gasteiger charge is 2.14. The fraction of sp³-hybridized carbons (Fsp3) is 0. The number of carbonyl (C=O) groups excluding carboxylic acids is 1. The van der Waals surface area contributed by atoms with E-state index >= 15 is 0 Å². The van der Waals surface area contributed by atoms with Crippen LogP contribution in [-0.4, -0.2) is 15.9 Å². The van der Waals surface area contributed by atoms with Gasteiger partial charge in [-0.1, -0.05) is 47.5 Å². The fourth-order valence-electron chi connectivity index (χ4n) is 3.43. The topological polar surface area (TPSA) is 67.0 Å². The minimum atomic E-state index is -0.236. The van der Waals surface area contributed by atoms with Gasteiger partial charge in [0.25, 0.3) is 5.91 Å². The quantitative estimate of drug-likeness (QED) is 0.276. The number of nitrogens with zero attached hydrogens (tertiary/aromatic N) is 1. The van der Waals surface area contributed by atoms with Crippen molar-refractivity contribution in [3.05, 3.63) is 107 Å². The van der Waals surface area contributed by atoms with Crippen LogP contribution in [0.25, 0.3) is 22.4 Å². The summed E-state index contributed by atoms with van der Waals surface area (Å²) in [4.78, 5) is 20.6. The summed E-state index contributed by atoms with van der Waals surface area (Å²) in [6.45, 7) is 0. The van der Waals surface area contributed by atoms with Gasteiger partial charge in [-0.05, 0) is 66.7 Å². The second-order valence-corrected chi connectivity index (χ2v) is 8.12. The lowest BCUT2D eigenvalue weighted by Gasteiger charge is -2.08. The van der Waals surface area contributed by atoms with E-state index < -0.39 is 0 Å². The fourth-order valence-corrected chi connectivity index (χ4v) is 4.00. The monoisotopic (exact) mass is 473 g/mol. The lowest BCUT2D eigenvalue weighted by molar-refractivity contribution is 0.102. The molecule has 1 aromatic heterocycles. The van der Waals surface area contributed by atoms with Crippen LogP contribution in [0.2, 0.25) is 10.0 Å². The second-order valence-electron chi connectivity index (χ2n) is 7.31. The first-order chi connectivity index (χ1) is 16.1. The molecule has 0 aliphatic heterocycles. The Morgan fingerprint density at radius 1 is 0.818 bits per heavy atom. The number of hydrogen-bond donors (Lipinski definition) is 2. The summed E-state index contributed by atoms with van der Waals surface area (Å²) in [5.41, 5.74) is 3.20. The molecule has 33 heavy (non-hydrogen) atoms. The molecule has 5 rings (SSSR count). The van der Waals surface area contributed by atoms with Crippen molar-refractivity contribution >= 4 is 45.8 Å². The van der Waals surface area contributed by atoms with Crippen LogP contribution in [0, 0.1) is 0 Å². The predicted molar refractivity (Wildman–Crippen MR) is 132 cm³/mol. The summed E-state index contributed by atoms with van der Waals surface area (Å²) in [6.07, 6.45) is 0. The van der Waals surface area contributed by atoms with E-state index in [1.807, 2.05) is 30.3 Å². The number of nitrogens with one attached hydrogen (secondary N) is 2. The van der Waals surface area contributed by atoms with E-state index in [0.29, 0.717) is 49.5 Å². The summed E-state index contributed by atoms with van der Waals surface area (Å²) in [7, 11) is 0. The van der Waals surface area contributed by atoms with Gasteiger partial charge in [0.2, 0.25) is 0 Å². The molecule has 162 valence electrons. The van der Waals surface area contributed by atoms with Gasteiger partial charge in [-0.3, -0.25) is 4.79 Å². The molecule has 2 N–H and O–H groups in total. The van der Waals surface area contributed by atoms with Gasteiger partial charge in [0.15, 0.2) is 0 Å². The van der Waals surface area contributed by atoms with Crippen molar-refractivity contribution in [3.63, 3.8) is 0 Å². The second kappa shape index (κ2) is 8.98. The molecule has 0 saturated heterocycles. The lowest BCUT2D eigenvalue weighted by atomic mass is 10.2. The molecule has 0 bridgehead atoms. The predicted octanol–water partition coefficient (Wildman–Crippen LogP) is 7.58. The summed E-state index contributed by atoms with van der Waals surface area (Å²) >= 11 is 12.6. The SMILES string of the molecule is O=C(Nc1ccc(Oc2ccccc2)cc1)c1ccc2nc(-c3c(Cl)cccc3Cl)[nH]c2c1. The van der Waals surface area contributed by atoms with Crippen molar-refractivity contribution in [1.29, 1.82) is 0 Å². The number of hydrogen-bond acceptors (Lipinski definition) is 3. The number of H-pyrrole nitrogens is 1. The molecule has 0 unspecified atom stereocenters. The molecule has 0 fully saturated rings. The third-order valence-electron chi connectivity index (χ3n) is 5.03. The first-order valence-electron chi connectivity index (χ1n) is 10.2. The van der Waals surface area contributed by atoms with E-state index in [1.54, 1.807) is 60.7 Å². The number of rotatable bonds is 5. The Hall–Kier alpha value is -3.80. The van der Waals surface area contributed by atoms with Crippen LogP contribution in [0.3, 0.4) is 0 Å². The van der Waals surface area contributed by atoms with Gasteiger partial charge in [-0.15, -0.1) is 0 Å². The summed E-state index contributed by atoms with van der Waals surface area (Å²) in [6, 6.07) is 27.3. The Balaban J connectivity index is 1.33. The summed E-state index contributed by atoms with van der Waals surface area (Å²) in [5.74, 6) is 1.75. The Bertz CT molecular complexity index is 1430. The lowest BCUT2D eigenvalue weighted by Crippen LogP contribution is -2.11.